The molecule has 5 aromatic rings. The molecule has 13 heteroatoms. The fraction of sp³-hybridized carbons (Fsp3) is 0.373. The summed E-state index contributed by atoms with van der Waals surface area (Å²) in [5.74, 6) is -0.553. The Morgan fingerprint density at radius 2 is 0.984 bits per heavy atom. The molecule has 1 amide bonds. The summed E-state index contributed by atoms with van der Waals surface area (Å²) in [5, 5.41) is 0. The van der Waals surface area contributed by atoms with Gasteiger partial charge < -0.3 is 47.4 Å². The first-order valence-corrected chi connectivity index (χ1v) is 21.7. The number of amides is 1. The van der Waals surface area contributed by atoms with Gasteiger partial charge in [-0.2, -0.15) is 0 Å². The van der Waals surface area contributed by atoms with Crippen LogP contribution in [0.2, 0.25) is 0 Å². The van der Waals surface area contributed by atoms with Gasteiger partial charge in [0.05, 0.1) is 39.6 Å². The predicted molar refractivity (Wildman–Crippen MR) is 233 cm³/mol. The molecule has 336 valence electrons. The van der Waals surface area contributed by atoms with Gasteiger partial charge in [0.15, 0.2) is 24.8 Å². The molecular weight excluding hydrogens is 819 g/mol. The summed E-state index contributed by atoms with van der Waals surface area (Å²) in [4.78, 5) is 28.0. The van der Waals surface area contributed by atoms with E-state index < -0.39 is 73.4 Å². The van der Waals surface area contributed by atoms with E-state index in [-0.39, 0.29) is 46.2 Å². The monoisotopic (exact) mass is 873 g/mol. The van der Waals surface area contributed by atoms with Gasteiger partial charge >= 0.3 is 12.1 Å². The lowest BCUT2D eigenvalue weighted by molar-refractivity contribution is -0.335. The third-order valence-electron chi connectivity index (χ3n) is 11.4. The maximum Gasteiger partial charge on any atom is 0.411 e. The lowest BCUT2D eigenvalue weighted by Crippen LogP contribution is -2.64. The van der Waals surface area contributed by atoms with Crippen LogP contribution in [0.4, 0.5) is 4.79 Å². The van der Waals surface area contributed by atoms with E-state index in [1.807, 2.05) is 152 Å². The first-order valence-electron chi connectivity index (χ1n) is 21.7. The van der Waals surface area contributed by atoms with Crippen molar-refractivity contribution >= 4 is 12.1 Å². The van der Waals surface area contributed by atoms with E-state index in [0.29, 0.717) is 0 Å². The van der Waals surface area contributed by atoms with Crippen LogP contribution in [0.1, 0.15) is 34.7 Å². The lowest BCUT2D eigenvalue weighted by atomic mass is 9.95. The first-order chi connectivity index (χ1) is 31.4. The number of methoxy groups -OCH3 is 1. The number of nitrogens with zero attached hydrogens (tertiary/aromatic N) is 1. The smallest absolute Gasteiger partial charge is 0.411 e. The van der Waals surface area contributed by atoms with E-state index in [4.69, 9.17) is 47.4 Å². The first kappa shape index (κ1) is 45.1. The molecule has 8 rings (SSSR count). The molecule has 0 N–H and O–H groups in total. The van der Waals surface area contributed by atoms with Gasteiger partial charge in [-0.15, -0.1) is 0 Å². The average Bonchev–Trinajstić information content (AvgIpc) is 3.66. The van der Waals surface area contributed by atoms with Crippen molar-refractivity contribution < 1.29 is 57.0 Å². The highest BCUT2D eigenvalue weighted by atomic mass is 16.7. The van der Waals surface area contributed by atoms with Gasteiger partial charge in [0.1, 0.15) is 36.6 Å². The Bertz CT molecular complexity index is 2170. The van der Waals surface area contributed by atoms with Gasteiger partial charge in [-0.3, -0.25) is 9.69 Å². The number of hydrogen-bond acceptors (Lipinski definition) is 12. The minimum atomic E-state index is -1.09. The number of benzene rings is 5. The molecule has 5 aromatic carbocycles. The summed E-state index contributed by atoms with van der Waals surface area (Å²) in [6.45, 7) is 2.47. The molecule has 0 bridgehead atoms. The fourth-order valence-corrected chi connectivity index (χ4v) is 8.34. The highest BCUT2D eigenvalue weighted by Crippen LogP contribution is 2.38. The number of carbonyl (C=O) groups is 2. The van der Waals surface area contributed by atoms with Crippen molar-refractivity contribution in [1.82, 2.24) is 4.90 Å². The summed E-state index contributed by atoms with van der Waals surface area (Å²) >= 11 is 0. The van der Waals surface area contributed by atoms with Gasteiger partial charge in [0.25, 0.3) is 0 Å². The number of esters is 1. The number of rotatable bonds is 20. The molecule has 13 nitrogen and oxygen atoms in total. The van der Waals surface area contributed by atoms with E-state index >= 15 is 0 Å². The molecule has 3 aliphatic heterocycles. The molecule has 0 unspecified atom stereocenters. The quantitative estimate of drug-likeness (QED) is 0.0724. The highest BCUT2D eigenvalue weighted by molar-refractivity contribution is 5.71. The Morgan fingerprint density at radius 3 is 1.50 bits per heavy atom. The number of ether oxygens (including phenoxy) is 10. The van der Waals surface area contributed by atoms with Crippen LogP contribution in [0.5, 0.6) is 0 Å². The van der Waals surface area contributed by atoms with Crippen LogP contribution in [0, 0.1) is 0 Å². The van der Waals surface area contributed by atoms with Crippen LogP contribution in [-0.4, -0.2) is 98.6 Å². The minimum Gasteiger partial charge on any atom is -0.456 e. The van der Waals surface area contributed by atoms with E-state index in [1.54, 1.807) is 12.0 Å². The van der Waals surface area contributed by atoms with Crippen molar-refractivity contribution in [2.75, 3.05) is 20.3 Å². The second-order valence-electron chi connectivity index (χ2n) is 16.0. The Balaban J connectivity index is 1.10. The molecule has 3 fully saturated rings. The van der Waals surface area contributed by atoms with Gasteiger partial charge in [-0.1, -0.05) is 152 Å². The zero-order valence-corrected chi connectivity index (χ0v) is 36.0. The second-order valence-corrected chi connectivity index (χ2v) is 16.0. The van der Waals surface area contributed by atoms with Crippen molar-refractivity contribution in [3.63, 3.8) is 0 Å². The number of fused-ring (bicyclic) bond motifs is 1. The zero-order chi connectivity index (χ0) is 44.1. The van der Waals surface area contributed by atoms with Crippen molar-refractivity contribution in [3.8, 4) is 0 Å². The Hall–Kier alpha value is -5.48. The van der Waals surface area contributed by atoms with Crippen LogP contribution in [0.25, 0.3) is 0 Å². The maximum atomic E-state index is 13.8. The second kappa shape index (κ2) is 22.4. The molecule has 0 spiro atoms. The average molecular weight is 874 g/mol. The third kappa shape index (κ3) is 11.6. The molecule has 3 aliphatic rings. The molecule has 3 saturated heterocycles. The van der Waals surface area contributed by atoms with Gasteiger partial charge in [0, 0.05) is 20.6 Å². The Morgan fingerprint density at radius 1 is 0.531 bits per heavy atom. The molecule has 0 aromatic heterocycles. The largest absolute Gasteiger partial charge is 0.456 e. The van der Waals surface area contributed by atoms with E-state index in [0.717, 1.165) is 27.8 Å². The van der Waals surface area contributed by atoms with Gasteiger partial charge in [-0.25, -0.2) is 4.79 Å². The molecule has 10 atom stereocenters. The molecule has 64 heavy (non-hydrogen) atoms. The highest BCUT2D eigenvalue weighted by Gasteiger charge is 2.59. The molecular formula is C51H55NO12. The van der Waals surface area contributed by atoms with Crippen molar-refractivity contribution in [2.24, 2.45) is 0 Å². The fourth-order valence-electron chi connectivity index (χ4n) is 8.34. The third-order valence-corrected chi connectivity index (χ3v) is 11.4. The van der Waals surface area contributed by atoms with Crippen LogP contribution in [0.15, 0.2) is 152 Å². The van der Waals surface area contributed by atoms with Crippen molar-refractivity contribution in [1.29, 1.82) is 0 Å². The van der Waals surface area contributed by atoms with E-state index in [2.05, 4.69) is 0 Å². The summed E-state index contributed by atoms with van der Waals surface area (Å²) in [7, 11) is 1.56. The van der Waals surface area contributed by atoms with Crippen molar-refractivity contribution in [3.05, 3.63) is 179 Å². The lowest BCUT2D eigenvalue weighted by Gasteiger charge is -2.47. The predicted octanol–water partition coefficient (Wildman–Crippen LogP) is 7.39. The summed E-state index contributed by atoms with van der Waals surface area (Å²) in [6.07, 6.45) is -8.38. The standard InChI is InChI=1S/C51H55NO12/c1-35(53)61-45-41(33-56-29-37-20-10-4-11-21-37)62-49(43-46(45)64-51(54)52(43)28-36-18-8-3-9-19-36)60-34-42-44(57-30-38-22-12-5-13-23-38)47(58-31-39-24-14-6-15-25-39)48(50(55-2)63-42)59-32-40-26-16-7-17-27-40/h3-27,41-50H,28-34H2,1-2H3/t41-,42-,43-,44-,45-,46-,47+,48-,49+,50+/m1/s1. The Labute approximate surface area is 374 Å². The van der Waals surface area contributed by atoms with Crippen LogP contribution in [-0.2, 0) is 85.1 Å². The Kier molecular flexibility index (Phi) is 15.8. The van der Waals surface area contributed by atoms with Crippen molar-refractivity contribution in [2.45, 2.75) is 101 Å². The van der Waals surface area contributed by atoms with E-state index in [1.165, 1.54) is 6.92 Å². The number of carbonyl (C=O) groups excluding carboxylic acids is 2. The summed E-state index contributed by atoms with van der Waals surface area (Å²) < 4.78 is 64.6. The molecule has 0 saturated carbocycles. The van der Waals surface area contributed by atoms with Crippen LogP contribution in [0.3, 0.4) is 0 Å². The maximum absolute atomic E-state index is 13.8. The zero-order valence-electron chi connectivity index (χ0n) is 36.0. The van der Waals surface area contributed by atoms with Crippen LogP contribution >= 0.6 is 0 Å². The van der Waals surface area contributed by atoms with Gasteiger partial charge in [0.2, 0.25) is 0 Å². The number of hydrogen-bond donors (Lipinski definition) is 0. The van der Waals surface area contributed by atoms with E-state index in [9.17, 15) is 9.59 Å². The molecule has 0 radical (unpaired) electrons. The normalized spacial score (nSPS) is 26.5. The molecule has 0 aliphatic carbocycles. The summed E-state index contributed by atoms with van der Waals surface area (Å²) in [6, 6.07) is 48.0. The van der Waals surface area contributed by atoms with Crippen LogP contribution < -0.4 is 0 Å². The minimum absolute atomic E-state index is 0.0104. The SMILES string of the molecule is CO[C@H]1O[C@H](CO[C@H]2O[C@H](COCc3ccccc3)[C@@H](OC(C)=O)[C@@H]3OC(=O)N(Cc4ccccc4)[C@@H]23)[C@@H](OCc2ccccc2)[C@H](OCc2ccccc2)[C@H]1OCc1ccccc1. The van der Waals surface area contributed by atoms with Gasteiger partial charge in [-0.05, 0) is 27.8 Å². The topological polar surface area (TPSA) is 130 Å². The molecule has 3 heterocycles. The summed E-state index contributed by atoms with van der Waals surface area (Å²) in [5.41, 5.74) is 4.70.